The Morgan fingerprint density at radius 2 is 0.875 bits per heavy atom. The summed E-state index contributed by atoms with van der Waals surface area (Å²) in [6.07, 6.45) is 0.0670. The molecule has 0 saturated carbocycles. The lowest BCUT2D eigenvalue weighted by Gasteiger charge is -2.31. The molecule has 0 heterocycles. The fraction of sp³-hybridized carbons (Fsp3) is 1.00. The molecular weight excluding hydrogens is 443 g/mol. The van der Waals surface area contributed by atoms with Gasteiger partial charge in [-0.25, -0.2) is 25.3 Å². The van der Waals surface area contributed by atoms with Crippen molar-refractivity contribution in [3.8, 4) is 0 Å². The topological polar surface area (TPSA) is 102 Å². The van der Waals surface area contributed by atoms with Crippen molar-refractivity contribution in [2.45, 2.75) is 13.3 Å². The van der Waals surface area contributed by atoms with Gasteiger partial charge in [-0.2, -0.15) is 0 Å². The zero-order chi connectivity index (χ0) is 19.1. The Morgan fingerprint density at radius 1 is 0.625 bits per heavy atom. The fourth-order valence-corrected chi connectivity index (χ4v) is 10.1. The molecule has 0 N–H and O–H groups in total. The summed E-state index contributed by atoms with van der Waals surface area (Å²) in [5.74, 6) is -3.17. The van der Waals surface area contributed by atoms with Crippen molar-refractivity contribution in [1.29, 1.82) is 0 Å². The third-order valence-electron chi connectivity index (χ3n) is 3.49. The molecule has 0 saturated heterocycles. The highest BCUT2D eigenvalue weighted by atomic mass is 35.5. The Balaban J connectivity index is 5.85. The number of sulfone groups is 3. The van der Waals surface area contributed by atoms with E-state index in [4.69, 9.17) is 34.8 Å². The zero-order valence-electron chi connectivity index (χ0n) is 13.4. The maximum atomic E-state index is 12.2. The van der Waals surface area contributed by atoms with Gasteiger partial charge in [-0.15, -0.1) is 34.8 Å². The van der Waals surface area contributed by atoms with Crippen molar-refractivity contribution >= 4 is 64.3 Å². The van der Waals surface area contributed by atoms with Crippen LogP contribution in [0.5, 0.6) is 0 Å². The maximum absolute atomic E-state index is 12.2. The second kappa shape index (κ2) is 10.2. The van der Waals surface area contributed by atoms with Crippen molar-refractivity contribution in [3.05, 3.63) is 0 Å². The third-order valence-corrected chi connectivity index (χ3v) is 10.4. The minimum absolute atomic E-state index is 0.0670. The first-order valence-corrected chi connectivity index (χ1v) is 14.2. The maximum Gasteiger partial charge on any atom is 0.152 e. The van der Waals surface area contributed by atoms with Crippen LogP contribution in [-0.4, -0.2) is 77.4 Å². The van der Waals surface area contributed by atoms with Gasteiger partial charge in [0, 0.05) is 23.1 Å². The van der Waals surface area contributed by atoms with Gasteiger partial charge in [0.15, 0.2) is 29.5 Å². The lowest BCUT2D eigenvalue weighted by atomic mass is 9.92. The number of rotatable bonds is 13. The van der Waals surface area contributed by atoms with E-state index in [-0.39, 0.29) is 41.3 Å². The van der Waals surface area contributed by atoms with Gasteiger partial charge in [0.05, 0.1) is 34.5 Å². The molecule has 0 rings (SSSR count). The van der Waals surface area contributed by atoms with E-state index in [1.54, 1.807) is 6.92 Å². The van der Waals surface area contributed by atoms with E-state index in [0.29, 0.717) is 0 Å². The van der Waals surface area contributed by atoms with E-state index < -0.39 is 52.2 Å². The zero-order valence-corrected chi connectivity index (χ0v) is 18.1. The predicted molar refractivity (Wildman–Crippen MR) is 101 cm³/mol. The van der Waals surface area contributed by atoms with Crippen LogP contribution in [0, 0.1) is 5.41 Å². The molecule has 12 heteroatoms. The standard InChI is InChI=1S/C12H23Cl3O6S3/c1-2-12(9-22(16,17)6-3-13,10-23(18,19)7-4-14)11-24(20,21)8-5-15/h2-11H2,1H3. The van der Waals surface area contributed by atoms with E-state index >= 15 is 0 Å². The van der Waals surface area contributed by atoms with E-state index in [1.165, 1.54) is 0 Å². The van der Waals surface area contributed by atoms with Crippen LogP contribution in [0.15, 0.2) is 0 Å². The third kappa shape index (κ3) is 9.43. The van der Waals surface area contributed by atoms with Crippen molar-refractivity contribution in [3.63, 3.8) is 0 Å². The lowest BCUT2D eigenvalue weighted by Crippen LogP contribution is -2.44. The smallest absolute Gasteiger partial charge is 0.152 e. The van der Waals surface area contributed by atoms with Gasteiger partial charge in [-0.1, -0.05) is 6.92 Å². The van der Waals surface area contributed by atoms with Crippen LogP contribution in [0.1, 0.15) is 13.3 Å². The van der Waals surface area contributed by atoms with Crippen molar-refractivity contribution in [1.82, 2.24) is 0 Å². The van der Waals surface area contributed by atoms with Gasteiger partial charge in [0.2, 0.25) is 0 Å². The Bertz CT molecular complexity index is 592. The molecule has 0 aliphatic carbocycles. The van der Waals surface area contributed by atoms with Crippen molar-refractivity contribution in [2.75, 3.05) is 52.2 Å². The summed E-state index contributed by atoms with van der Waals surface area (Å²) in [5, 5.41) is 0. The minimum atomic E-state index is -3.70. The van der Waals surface area contributed by atoms with Gasteiger partial charge in [-0.3, -0.25) is 0 Å². The summed E-state index contributed by atoms with van der Waals surface area (Å²) in [4.78, 5) is 0. The molecule has 0 unspecified atom stereocenters. The quantitative estimate of drug-likeness (QED) is 0.380. The molecule has 146 valence electrons. The normalized spacial score (nSPS) is 14.0. The van der Waals surface area contributed by atoms with Crippen LogP contribution < -0.4 is 0 Å². The highest BCUT2D eigenvalue weighted by Crippen LogP contribution is 2.30. The molecule has 0 radical (unpaired) electrons. The van der Waals surface area contributed by atoms with Crippen LogP contribution in [0.25, 0.3) is 0 Å². The molecule has 0 atom stereocenters. The van der Waals surface area contributed by atoms with Crippen LogP contribution in [-0.2, 0) is 29.5 Å². The summed E-state index contributed by atoms with van der Waals surface area (Å²) >= 11 is 16.4. The predicted octanol–water partition coefficient (Wildman–Crippen LogP) is 1.34. The Labute approximate surface area is 160 Å². The molecule has 0 spiro atoms. The molecule has 0 bridgehead atoms. The van der Waals surface area contributed by atoms with E-state index in [0.717, 1.165) is 0 Å². The summed E-state index contributed by atoms with van der Waals surface area (Å²) in [5.41, 5.74) is -1.44. The molecular formula is C12H23Cl3O6S3. The summed E-state index contributed by atoms with van der Waals surface area (Å²) < 4.78 is 73.0. The molecule has 0 aromatic carbocycles. The second-order valence-electron chi connectivity index (χ2n) is 5.70. The monoisotopic (exact) mass is 464 g/mol. The van der Waals surface area contributed by atoms with Gasteiger partial charge in [0.1, 0.15) is 0 Å². The molecule has 0 aromatic rings. The molecule has 0 fully saturated rings. The summed E-state index contributed by atoms with van der Waals surface area (Å²) in [7, 11) is -11.1. The van der Waals surface area contributed by atoms with Crippen LogP contribution >= 0.6 is 34.8 Å². The van der Waals surface area contributed by atoms with Crippen molar-refractivity contribution < 1.29 is 25.3 Å². The van der Waals surface area contributed by atoms with Crippen LogP contribution in [0.2, 0.25) is 0 Å². The Hall–Kier alpha value is 0.720. The molecule has 6 nitrogen and oxygen atoms in total. The Kier molecular flexibility index (Phi) is 10.5. The second-order valence-corrected chi connectivity index (χ2v) is 13.4. The van der Waals surface area contributed by atoms with Gasteiger partial charge < -0.3 is 0 Å². The average molecular weight is 466 g/mol. The van der Waals surface area contributed by atoms with E-state index in [2.05, 4.69) is 0 Å². The Morgan fingerprint density at radius 3 is 1.04 bits per heavy atom. The van der Waals surface area contributed by atoms with Gasteiger partial charge in [-0.05, 0) is 6.42 Å². The number of hydrogen-bond acceptors (Lipinski definition) is 6. The molecule has 0 aromatic heterocycles. The average Bonchev–Trinajstić information content (AvgIpc) is 2.35. The van der Waals surface area contributed by atoms with Crippen LogP contribution in [0.4, 0.5) is 0 Å². The highest BCUT2D eigenvalue weighted by molar-refractivity contribution is 7.93. The first kappa shape index (κ1) is 24.7. The SMILES string of the molecule is CCC(CS(=O)(=O)CCCl)(CS(=O)(=O)CCCl)CS(=O)(=O)CCCl. The molecule has 0 amide bonds. The number of halogens is 3. The van der Waals surface area contributed by atoms with E-state index in [9.17, 15) is 25.3 Å². The summed E-state index contributed by atoms with van der Waals surface area (Å²) in [6, 6.07) is 0. The first-order valence-electron chi connectivity index (χ1n) is 7.16. The highest BCUT2D eigenvalue weighted by Gasteiger charge is 2.41. The molecule has 24 heavy (non-hydrogen) atoms. The summed E-state index contributed by atoms with van der Waals surface area (Å²) in [6.45, 7) is 1.57. The largest absolute Gasteiger partial charge is 0.229 e. The first-order chi connectivity index (χ1) is 10.9. The molecule has 0 aliphatic rings. The molecule has 0 aliphatic heterocycles. The lowest BCUT2D eigenvalue weighted by molar-refractivity contribution is 0.395. The van der Waals surface area contributed by atoms with E-state index in [1.807, 2.05) is 0 Å². The minimum Gasteiger partial charge on any atom is -0.229 e. The van der Waals surface area contributed by atoms with Gasteiger partial charge >= 0.3 is 0 Å². The number of alkyl halides is 3. The fourth-order valence-electron chi connectivity index (χ4n) is 2.40. The number of hydrogen-bond donors (Lipinski definition) is 0. The van der Waals surface area contributed by atoms with Crippen LogP contribution in [0.3, 0.4) is 0 Å². The van der Waals surface area contributed by atoms with Gasteiger partial charge in [0.25, 0.3) is 0 Å². The van der Waals surface area contributed by atoms with Crippen molar-refractivity contribution in [2.24, 2.45) is 5.41 Å².